The Hall–Kier alpha value is -1.63. The molecule has 0 aromatic carbocycles. The first-order chi connectivity index (χ1) is 12.2. The third kappa shape index (κ3) is 6.65. The topological polar surface area (TPSA) is 70.4 Å². The monoisotopic (exact) mass is 349 g/mol. The van der Waals surface area contributed by atoms with E-state index in [9.17, 15) is 0 Å². The molecule has 7 nitrogen and oxygen atoms in total. The van der Waals surface area contributed by atoms with E-state index in [0.717, 1.165) is 43.9 Å². The summed E-state index contributed by atoms with van der Waals surface area (Å²) in [5.41, 5.74) is 0. The van der Waals surface area contributed by atoms with Gasteiger partial charge in [-0.05, 0) is 45.7 Å². The Morgan fingerprint density at radius 1 is 1.24 bits per heavy atom. The first-order valence-electron chi connectivity index (χ1n) is 9.79. The molecule has 0 spiro atoms. The van der Waals surface area contributed by atoms with Gasteiger partial charge in [-0.15, -0.1) is 10.2 Å². The van der Waals surface area contributed by atoms with Crippen molar-refractivity contribution < 1.29 is 0 Å². The molecule has 0 radical (unpaired) electrons. The number of likely N-dealkylation sites (tertiary alicyclic amines) is 1. The summed E-state index contributed by atoms with van der Waals surface area (Å²) >= 11 is 0. The first-order valence-corrected chi connectivity index (χ1v) is 9.79. The second-order valence-corrected chi connectivity index (χ2v) is 6.81. The molecule has 0 aliphatic carbocycles. The third-order valence-electron chi connectivity index (χ3n) is 4.99. The summed E-state index contributed by atoms with van der Waals surface area (Å²) in [5.74, 6) is 1.90. The van der Waals surface area contributed by atoms with Crippen molar-refractivity contribution in [1.82, 2.24) is 30.3 Å². The molecule has 2 rings (SSSR count). The Morgan fingerprint density at radius 3 is 2.84 bits per heavy atom. The van der Waals surface area contributed by atoms with Crippen LogP contribution in [0, 0.1) is 0 Å². The van der Waals surface area contributed by atoms with Gasteiger partial charge in [-0.1, -0.05) is 13.3 Å². The third-order valence-corrected chi connectivity index (χ3v) is 4.99. The average Bonchev–Trinajstić information content (AvgIpc) is 3.09. The summed E-state index contributed by atoms with van der Waals surface area (Å²) in [4.78, 5) is 6.93. The summed E-state index contributed by atoms with van der Waals surface area (Å²) in [7, 11) is 1.82. The molecule has 142 valence electrons. The molecule has 1 atom stereocenters. The fourth-order valence-electron chi connectivity index (χ4n) is 3.39. The minimum absolute atomic E-state index is 0.766. The van der Waals surface area contributed by atoms with Crippen LogP contribution in [0.4, 0.5) is 0 Å². The predicted octanol–water partition coefficient (Wildman–Crippen LogP) is 1.66. The number of aryl methyl sites for hydroxylation is 1. The van der Waals surface area contributed by atoms with Crippen LogP contribution in [-0.2, 0) is 13.0 Å². The van der Waals surface area contributed by atoms with Crippen LogP contribution in [-0.4, -0.2) is 64.9 Å². The number of rotatable bonds is 9. The maximum atomic E-state index is 4.29. The Balaban J connectivity index is 1.56. The maximum Gasteiger partial charge on any atom is 0.191 e. The van der Waals surface area contributed by atoms with Crippen LogP contribution in [0.15, 0.2) is 11.3 Å². The fourth-order valence-corrected chi connectivity index (χ4v) is 3.39. The SMILES string of the molecule is CCc1nncn1CCNC(=NC)NCCCCN1CCCCC1C. The van der Waals surface area contributed by atoms with Crippen LogP contribution in [0.2, 0.25) is 0 Å². The number of aromatic nitrogens is 3. The number of nitrogens with one attached hydrogen (secondary N) is 2. The summed E-state index contributed by atoms with van der Waals surface area (Å²) < 4.78 is 2.08. The van der Waals surface area contributed by atoms with Gasteiger partial charge in [-0.3, -0.25) is 4.99 Å². The summed E-state index contributed by atoms with van der Waals surface area (Å²) in [6.45, 7) is 9.60. The molecule has 7 heteroatoms. The van der Waals surface area contributed by atoms with Gasteiger partial charge in [0.05, 0.1) is 0 Å². The molecule has 2 N–H and O–H groups in total. The zero-order valence-electron chi connectivity index (χ0n) is 16.2. The molecular weight excluding hydrogens is 314 g/mol. The highest BCUT2D eigenvalue weighted by atomic mass is 15.3. The van der Waals surface area contributed by atoms with Crippen molar-refractivity contribution >= 4 is 5.96 Å². The second kappa shape index (κ2) is 11.1. The predicted molar refractivity (Wildman–Crippen MR) is 103 cm³/mol. The smallest absolute Gasteiger partial charge is 0.191 e. The highest BCUT2D eigenvalue weighted by Crippen LogP contribution is 2.16. The highest BCUT2D eigenvalue weighted by molar-refractivity contribution is 5.79. The zero-order valence-corrected chi connectivity index (χ0v) is 16.2. The van der Waals surface area contributed by atoms with Crippen LogP contribution >= 0.6 is 0 Å². The van der Waals surface area contributed by atoms with E-state index in [4.69, 9.17) is 0 Å². The van der Waals surface area contributed by atoms with Crippen LogP contribution < -0.4 is 10.6 Å². The van der Waals surface area contributed by atoms with Crippen molar-refractivity contribution in [1.29, 1.82) is 0 Å². The van der Waals surface area contributed by atoms with Gasteiger partial charge in [0, 0.05) is 39.1 Å². The number of hydrogen-bond donors (Lipinski definition) is 2. The summed E-state index contributed by atoms with van der Waals surface area (Å²) in [6, 6.07) is 0.766. The van der Waals surface area contributed by atoms with Crippen molar-refractivity contribution in [3.8, 4) is 0 Å². The largest absolute Gasteiger partial charge is 0.356 e. The van der Waals surface area contributed by atoms with E-state index >= 15 is 0 Å². The lowest BCUT2D eigenvalue weighted by Crippen LogP contribution is -2.40. The Kier molecular flexibility index (Phi) is 8.72. The van der Waals surface area contributed by atoms with Crippen LogP contribution in [0.5, 0.6) is 0 Å². The number of nitrogens with zero attached hydrogens (tertiary/aromatic N) is 5. The van der Waals surface area contributed by atoms with Gasteiger partial charge >= 0.3 is 0 Å². The molecule has 2 heterocycles. The summed E-state index contributed by atoms with van der Waals surface area (Å²) in [6.07, 6.45) is 9.24. The molecule has 1 unspecified atom stereocenters. The summed E-state index contributed by atoms with van der Waals surface area (Å²) in [5, 5.41) is 14.8. The normalized spacial score (nSPS) is 19.2. The molecule has 1 aromatic heterocycles. The van der Waals surface area contributed by atoms with Gasteiger partial charge in [0.15, 0.2) is 5.96 Å². The quantitative estimate of drug-likeness (QED) is 0.403. The molecule has 0 saturated carbocycles. The fraction of sp³-hybridized carbons (Fsp3) is 0.833. The van der Waals surface area contributed by atoms with E-state index in [-0.39, 0.29) is 0 Å². The van der Waals surface area contributed by atoms with E-state index in [2.05, 4.69) is 49.1 Å². The second-order valence-electron chi connectivity index (χ2n) is 6.81. The number of guanidine groups is 1. The zero-order chi connectivity index (χ0) is 17.9. The van der Waals surface area contributed by atoms with Crippen molar-refractivity contribution in [2.45, 2.75) is 65.0 Å². The lowest BCUT2D eigenvalue weighted by Gasteiger charge is -2.33. The molecule has 1 fully saturated rings. The molecule has 25 heavy (non-hydrogen) atoms. The minimum atomic E-state index is 0.766. The van der Waals surface area contributed by atoms with Crippen molar-refractivity contribution in [2.24, 2.45) is 4.99 Å². The number of aliphatic imine (C=N–C) groups is 1. The van der Waals surface area contributed by atoms with Gasteiger partial charge in [0.2, 0.25) is 0 Å². The van der Waals surface area contributed by atoms with Gasteiger partial charge < -0.3 is 20.1 Å². The Morgan fingerprint density at radius 2 is 2.08 bits per heavy atom. The van der Waals surface area contributed by atoms with Crippen LogP contribution in [0.25, 0.3) is 0 Å². The maximum absolute atomic E-state index is 4.29. The van der Waals surface area contributed by atoms with E-state index in [1.807, 2.05) is 7.05 Å². The molecule has 1 aromatic rings. The van der Waals surface area contributed by atoms with E-state index in [1.54, 1.807) is 6.33 Å². The highest BCUT2D eigenvalue weighted by Gasteiger charge is 2.16. The molecule has 1 aliphatic rings. The van der Waals surface area contributed by atoms with E-state index in [0.29, 0.717) is 0 Å². The minimum Gasteiger partial charge on any atom is -0.356 e. The van der Waals surface area contributed by atoms with E-state index in [1.165, 1.54) is 45.2 Å². The lowest BCUT2D eigenvalue weighted by atomic mass is 10.0. The van der Waals surface area contributed by atoms with Crippen molar-refractivity contribution in [2.75, 3.05) is 33.2 Å². The number of hydrogen-bond acceptors (Lipinski definition) is 4. The van der Waals surface area contributed by atoms with Gasteiger partial charge in [0.1, 0.15) is 12.2 Å². The first kappa shape index (κ1) is 19.7. The molecule has 1 aliphatic heterocycles. The average molecular weight is 350 g/mol. The molecule has 1 saturated heterocycles. The van der Waals surface area contributed by atoms with Crippen LogP contribution in [0.1, 0.15) is 51.8 Å². The Labute approximate surface area is 152 Å². The van der Waals surface area contributed by atoms with Gasteiger partial charge in [0.25, 0.3) is 0 Å². The van der Waals surface area contributed by atoms with Crippen molar-refractivity contribution in [3.05, 3.63) is 12.2 Å². The molecule has 0 amide bonds. The van der Waals surface area contributed by atoms with E-state index < -0.39 is 0 Å². The van der Waals surface area contributed by atoms with Gasteiger partial charge in [-0.2, -0.15) is 0 Å². The standard InChI is InChI=1S/C18H35N7/c1-4-17-23-22-15-25(17)14-11-21-18(19-3)20-10-6-8-13-24-12-7-5-9-16(24)2/h15-16H,4-14H2,1-3H3,(H2,19,20,21). The van der Waals surface area contributed by atoms with Crippen LogP contribution in [0.3, 0.4) is 0 Å². The Bertz CT molecular complexity index is 511. The molecular formula is C18H35N7. The lowest BCUT2D eigenvalue weighted by molar-refractivity contribution is 0.158. The number of piperidine rings is 1. The van der Waals surface area contributed by atoms with Gasteiger partial charge in [-0.25, -0.2) is 0 Å². The van der Waals surface area contributed by atoms with Crippen molar-refractivity contribution in [3.63, 3.8) is 0 Å². The number of unbranched alkanes of at least 4 members (excludes halogenated alkanes) is 1. The molecule has 0 bridgehead atoms.